The maximum atomic E-state index is 13.2. The molecule has 0 saturated heterocycles. The van der Waals surface area contributed by atoms with E-state index >= 15 is 0 Å². The number of halogens is 1. The predicted molar refractivity (Wildman–Crippen MR) is 126 cm³/mol. The zero-order chi connectivity index (χ0) is 23.7. The highest BCUT2D eigenvalue weighted by atomic mass is 79.9. The highest BCUT2D eigenvalue weighted by Gasteiger charge is 2.43. The quantitative estimate of drug-likeness (QED) is 0.351. The lowest BCUT2D eigenvalue weighted by Gasteiger charge is -2.40. The van der Waals surface area contributed by atoms with Gasteiger partial charge in [0.15, 0.2) is 5.78 Å². The minimum Gasteiger partial charge on any atom is -0.463 e. The number of benzene rings is 2. The van der Waals surface area contributed by atoms with Gasteiger partial charge in [0.25, 0.3) is 5.69 Å². The fourth-order valence-corrected chi connectivity index (χ4v) is 4.69. The lowest BCUT2D eigenvalue weighted by atomic mass is 9.75. The van der Waals surface area contributed by atoms with Crippen LogP contribution in [0.25, 0.3) is 0 Å². The molecule has 0 unspecified atom stereocenters. The number of non-ortho nitro benzene ring substituents is 1. The van der Waals surface area contributed by atoms with Crippen molar-refractivity contribution in [1.82, 2.24) is 0 Å². The maximum Gasteiger partial charge on any atom is 0.338 e. The van der Waals surface area contributed by atoms with Crippen LogP contribution in [0.1, 0.15) is 37.7 Å². The van der Waals surface area contributed by atoms with Gasteiger partial charge in [-0.15, -0.1) is 0 Å². The van der Waals surface area contributed by atoms with E-state index in [1.807, 2.05) is 24.3 Å². The molecule has 1 aliphatic carbocycles. The van der Waals surface area contributed by atoms with E-state index in [2.05, 4.69) is 15.9 Å². The van der Waals surface area contributed by atoms with Gasteiger partial charge < -0.3 is 10.5 Å². The number of nitrogens with zero attached hydrogens (tertiary/aromatic N) is 2. The van der Waals surface area contributed by atoms with Crippen LogP contribution < -0.4 is 10.6 Å². The lowest BCUT2D eigenvalue weighted by Crippen LogP contribution is -2.41. The van der Waals surface area contributed by atoms with Crippen molar-refractivity contribution in [2.24, 2.45) is 5.73 Å². The van der Waals surface area contributed by atoms with Crippen molar-refractivity contribution in [2.45, 2.75) is 32.1 Å². The molecule has 0 aromatic heterocycles. The van der Waals surface area contributed by atoms with Gasteiger partial charge in [-0.25, -0.2) is 4.79 Å². The fourth-order valence-electron chi connectivity index (χ4n) is 4.43. The molecule has 4 rings (SSSR count). The Kier molecular flexibility index (Phi) is 6.33. The van der Waals surface area contributed by atoms with Crippen molar-refractivity contribution in [2.75, 3.05) is 11.5 Å². The van der Waals surface area contributed by atoms with Gasteiger partial charge in [-0.05, 0) is 43.5 Å². The Labute approximate surface area is 199 Å². The number of ether oxygens (including phenoxy) is 1. The molecule has 0 spiro atoms. The van der Waals surface area contributed by atoms with Crippen LogP contribution >= 0.6 is 15.9 Å². The van der Waals surface area contributed by atoms with Crippen molar-refractivity contribution < 1.29 is 19.2 Å². The number of Topliss-reactive ketones (excluding diaryl/α,β-unsaturated/α-hetero) is 1. The van der Waals surface area contributed by atoms with Crippen molar-refractivity contribution in [1.29, 1.82) is 0 Å². The van der Waals surface area contributed by atoms with E-state index in [1.165, 1.54) is 12.1 Å². The topological polar surface area (TPSA) is 116 Å². The normalized spacial score (nSPS) is 18.3. The number of esters is 1. The number of nitrogens with two attached hydrogens (primary N) is 1. The molecule has 0 radical (unpaired) electrons. The van der Waals surface area contributed by atoms with Gasteiger partial charge in [-0.3, -0.25) is 19.8 Å². The molecule has 0 amide bonds. The second-order valence-electron chi connectivity index (χ2n) is 7.75. The molecule has 2 aromatic carbocycles. The standard InChI is InChI=1S/C24H22BrN3O5/c1-2-33-24(30)22-20(14-9-11-15(25)12-10-14)21-18(7-4-8-19(21)29)27(23(22)26)16-5-3-6-17(13-16)28(31)32/h3,5-6,9-13,20H,2,4,7-8,26H2,1H3/t20-/m0/s1. The highest BCUT2D eigenvalue weighted by Crippen LogP contribution is 2.47. The van der Waals surface area contributed by atoms with Gasteiger partial charge in [-0.1, -0.05) is 34.1 Å². The zero-order valence-corrected chi connectivity index (χ0v) is 19.5. The number of allylic oxidation sites excluding steroid dienone is 2. The number of nitro groups is 1. The largest absolute Gasteiger partial charge is 0.463 e. The van der Waals surface area contributed by atoms with Crippen LogP contribution in [0.2, 0.25) is 0 Å². The van der Waals surface area contributed by atoms with Gasteiger partial charge in [0, 0.05) is 34.3 Å². The Balaban J connectivity index is 1.99. The second kappa shape index (κ2) is 9.19. The predicted octanol–water partition coefficient (Wildman–Crippen LogP) is 4.70. The zero-order valence-electron chi connectivity index (χ0n) is 17.9. The Morgan fingerprint density at radius 3 is 2.64 bits per heavy atom. The summed E-state index contributed by atoms with van der Waals surface area (Å²) >= 11 is 3.42. The van der Waals surface area contributed by atoms with E-state index in [0.29, 0.717) is 36.2 Å². The molecule has 0 saturated carbocycles. The first-order valence-electron chi connectivity index (χ1n) is 10.6. The lowest BCUT2D eigenvalue weighted by molar-refractivity contribution is -0.384. The van der Waals surface area contributed by atoms with Crippen LogP contribution in [0.3, 0.4) is 0 Å². The number of carbonyl (C=O) groups is 2. The number of ketones is 1. The molecule has 1 heterocycles. The van der Waals surface area contributed by atoms with Crippen molar-refractivity contribution in [3.05, 3.63) is 91.3 Å². The molecule has 9 heteroatoms. The number of nitro benzene ring substituents is 1. The number of carbonyl (C=O) groups excluding carboxylic acids is 2. The average molecular weight is 512 g/mol. The van der Waals surface area contributed by atoms with Crippen molar-refractivity contribution in [3.63, 3.8) is 0 Å². The summed E-state index contributed by atoms with van der Waals surface area (Å²) < 4.78 is 6.19. The van der Waals surface area contributed by atoms with E-state index in [1.54, 1.807) is 24.0 Å². The van der Waals surface area contributed by atoms with E-state index in [-0.39, 0.29) is 29.5 Å². The van der Waals surface area contributed by atoms with Gasteiger partial charge in [-0.2, -0.15) is 0 Å². The molecule has 8 nitrogen and oxygen atoms in total. The van der Waals surface area contributed by atoms with E-state index in [4.69, 9.17) is 10.5 Å². The molecule has 2 aromatic rings. The molecule has 1 atom stereocenters. The maximum absolute atomic E-state index is 13.2. The molecule has 0 fully saturated rings. The first kappa shape index (κ1) is 22.7. The molecule has 33 heavy (non-hydrogen) atoms. The molecular weight excluding hydrogens is 490 g/mol. The van der Waals surface area contributed by atoms with Crippen LogP contribution in [-0.4, -0.2) is 23.3 Å². The Morgan fingerprint density at radius 1 is 1.24 bits per heavy atom. The van der Waals surface area contributed by atoms with Gasteiger partial charge >= 0.3 is 5.97 Å². The summed E-state index contributed by atoms with van der Waals surface area (Å²) in [6.45, 7) is 1.83. The number of anilines is 1. The summed E-state index contributed by atoms with van der Waals surface area (Å²) in [6.07, 6.45) is 1.52. The van der Waals surface area contributed by atoms with Crippen LogP contribution in [-0.2, 0) is 14.3 Å². The molecule has 2 N–H and O–H groups in total. The molecule has 170 valence electrons. The van der Waals surface area contributed by atoms with Crippen LogP contribution in [0.4, 0.5) is 11.4 Å². The van der Waals surface area contributed by atoms with Crippen LogP contribution in [0.5, 0.6) is 0 Å². The molecule has 1 aliphatic heterocycles. The van der Waals surface area contributed by atoms with Crippen molar-refractivity contribution >= 4 is 39.1 Å². The number of rotatable bonds is 5. The first-order chi connectivity index (χ1) is 15.8. The van der Waals surface area contributed by atoms with Crippen LogP contribution in [0, 0.1) is 10.1 Å². The minimum absolute atomic E-state index is 0.0751. The summed E-state index contributed by atoms with van der Waals surface area (Å²) in [5.74, 6) is -1.28. The number of hydrogen-bond donors (Lipinski definition) is 1. The monoisotopic (exact) mass is 511 g/mol. The van der Waals surface area contributed by atoms with E-state index in [9.17, 15) is 19.7 Å². The molecule has 0 bridgehead atoms. The smallest absolute Gasteiger partial charge is 0.338 e. The van der Waals surface area contributed by atoms with Crippen molar-refractivity contribution in [3.8, 4) is 0 Å². The fraction of sp³-hybridized carbons (Fsp3) is 0.250. The molecule has 2 aliphatic rings. The Bertz CT molecular complexity index is 1200. The summed E-state index contributed by atoms with van der Waals surface area (Å²) in [5.41, 5.74) is 8.94. The summed E-state index contributed by atoms with van der Waals surface area (Å²) in [4.78, 5) is 38.9. The third-order valence-electron chi connectivity index (χ3n) is 5.79. The number of hydrogen-bond acceptors (Lipinski definition) is 7. The third kappa shape index (κ3) is 4.16. The third-order valence-corrected chi connectivity index (χ3v) is 6.32. The second-order valence-corrected chi connectivity index (χ2v) is 8.67. The Hall–Kier alpha value is -3.46. The van der Waals surface area contributed by atoms with Gasteiger partial charge in [0.05, 0.1) is 28.7 Å². The van der Waals surface area contributed by atoms with Gasteiger partial charge in [0.1, 0.15) is 5.82 Å². The van der Waals surface area contributed by atoms with E-state index in [0.717, 1.165) is 10.0 Å². The van der Waals surface area contributed by atoms with E-state index < -0.39 is 16.8 Å². The average Bonchev–Trinajstić information content (AvgIpc) is 2.79. The summed E-state index contributed by atoms with van der Waals surface area (Å²) in [7, 11) is 0. The SMILES string of the molecule is CCOC(=O)C1=C(N)N(c2cccc([N+](=O)[O-])c2)C2=C(C(=O)CCC2)[C@@H]1c1ccc(Br)cc1. The highest BCUT2D eigenvalue weighted by molar-refractivity contribution is 9.10. The first-order valence-corrected chi connectivity index (χ1v) is 11.4. The van der Waals surface area contributed by atoms with Crippen LogP contribution in [0.15, 0.2) is 75.7 Å². The molecular formula is C24H22BrN3O5. The summed E-state index contributed by atoms with van der Waals surface area (Å²) in [5, 5.41) is 11.4. The van der Waals surface area contributed by atoms with Gasteiger partial charge in [0.2, 0.25) is 0 Å². The minimum atomic E-state index is -0.685. The summed E-state index contributed by atoms with van der Waals surface area (Å²) in [6, 6.07) is 13.4. The Morgan fingerprint density at radius 2 is 1.97 bits per heavy atom.